The van der Waals surface area contributed by atoms with Crippen LogP contribution in [0.4, 0.5) is 0 Å². The molecule has 0 aromatic heterocycles. The van der Waals surface area contributed by atoms with Crippen LogP contribution in [0.5, 0.6) is 0 Å². The number of rotatable bonds is 6. The third-order valence-corrected chi connectivity index (χ3v) is 3.78. The molecule has 1 aliphatic rings. The molecule has 0 bridgehead atoms. The predicted molar refractivity (Wildman–Crippen MR) is 81.5 cm³/mol. The summed E-state index contributed by atoms with van der Waals surface area (Å²) in [5.41, 5.74) is 0.381. The normalized spacial score (nSPS) is 24.6. The van der Waals surface area contributed by atoms with Crippen molar-refractivity contribution in [1.82, 2.24) is 15.5 Å². The van der Waals surface area contributed by atoms with E-state index in [0.717, 1.165) is 25.9 Å². The van der Waals surface area contributed by atoms with Crippen molar-refractivity contribution >= 4 is 0 Å². The second kappa shape index (κ2) is 6.53. The van der Waals surface area contributed by atoms with Crippen molar-refractivity contribution in [3.8, 4) is 0 Å². The molecule has 0 aromatic rings. The lowest BCUT2D eigenvalue weighted by Crippen LogP contribution is -2.62. The Morgan fingerprint density at radius 1 is 1.26 bits per heavy atom. The van der Waals surface area contributed by atoms with E-state index in [2.05, 4.69) is 57.2 Å². The van der Waals surface area contributed by atoms with Gasteiger partial charge in [-0.2, -0.15) is 0 Å². The Bertz CT molecular complexity index is 263. The van der Waals surface area contributed by atoms with Gasteiger partial charge in [-0.15, -0.1) is 0 Å². The summed E-state index contributed by atoms with van der Waals surface area (Å²) in [6.07, 6.45) is 2.31. The molecule has 1 heterocycles. The molecule has 19 heavy (non-hydrogen) atoms. The summed E-state index contributed by atoms with van der Waals surface area (Å²) < 4.78 is 0. The summed E-state index contributed by atoms with van der Waals surface area (Å²) in [5, 5.41) is 16.4. The quantitative estimate of drug-likeness (QED) is 0.679. The Balaban J connectivity index is 2.47. The van der Waals surface area contributed by atoms with E-state index in [-0.39, 0.29) is 17.7 Å². The monoisotopic (exact) mass is 271 g/mol. The average molecular weight is 271 g/mol. The lowest BCUT2D eigenvalue weighted by molar-refractivity contribution is 0.134. The van der Waals surface area contributed by atoms with Crippen LogP contribution in [0.15, 0.2) is 0 Å². The van der Waals surface area contributed by atoms with Crippen LogP contribution in [0, 0.1) is 0 Å². The van der Waals surface area contributed by atoms with E-state index >= 15 is 0 Å². The van der Waals surface area contributed by atoms with Crippen LogP contribution in [-0.2, 0) is 0 Å². The van der Waals surface area contributed by atoms with E-state index < -0.39 is 0 Å². The smallest absolute Gasteiger partial charge is 0.0558 e. The fourth-order valence-electron chi connectivity index (χ4n) is 3.62. The topological polar surface area (TPSA) is 47.5 Å². The fourth-order valence-corrected chi connectivity index (χ4v) is 3.62. The third-order valence-electron chi connectivity index (χ3n) is 3.78. The van der Waals surface area contributed by atoms with Crippen LogP contribution >= 0.6 is 0 Å². The van der Waals surface area contributed by atoms with E-state index in [1.165, 1.54) is 0 Å². The Labute approximate surface area is 118 Å². The molecule has 1 unspecified atom stereocenters. The zero-order valence-electron chi connectivity index (χ0n) is 13.6. The lowest BCUT2D eigenvalue weighted by atomic mass is 9.79. The molecule has 1 rings (SSSR count). The first kappa shape index (κ1) is 16.9. The summed E-state index contributed by atoms with van der Waals surface area (Å²) in [6.45, 7) is 13.3. The highest BCUT2D eigenvalue weighted by atomic mass is 16.3. The molecule has 0 aromatic carbocycles. The van der Waals surface area contributed by atoms with Gasteiger partial charge in [0, 0.05) is 36.3 Å². The minimum atomic E-state index is 0.191. The Hall–Kier alpha value is -0.160. The van der Waals surface area contributed by atoms with E-state index in [1.807, 2.05) is 0 Å². The van der Waals surface area contributed by atoms with Crippen molar-refractivity contribution < 1.29 is 5.11 Å². The highest BCUT2D eigenvalue weighted by molar-refractivity contribution is 5.00. The van der Waals surface area contributed by atoms with Crippen molar-refractivity contribution in [2.75, 3.05) is 26.7 Å². The van der Waals surface area contributed by atoms with Crippen LogP contribution in [0.3, 0.4) is 0 Å². The summed E-state index contributed by atoms with van der Waals surface area (Å²) in [6, 6.07) is 1.01. The number of aliphatic hydroxyl groups is 1. The SMILES string of the molecule is CC(CN(C)CCO)NC1CC(C)(C)NC(C)(C)C1. The molecule has 0 saturated carbocycles. The molecule has 0 spiro atoms. The standard InChI is InChI=1S/C15H33N3O/c1-12(11-18(6)7-8-19)16-13-9-14(2,3)17-15(4,5)10-13/h12-13,16-17,19H,7-11H2,1-6H3. The van der Waals surface area contributed by atoms with Crippen molar-refractivity contribution in [2.45, 2.75) is 70.6 Å². The van der Waals surface area contributed by atoms with Gasteiger partial charge in [-0.3, -0.25) is 0 Å². The van der Waals surface area contributed by atoms with Crippen LogP contribution in [0.2, 0.25) is 0 Å². The molecular weight excluding hydrogens is 238 g/mol. The molecule has 0 radical (unpaired) electrons. The van der Waals surface area contributed by atoms with Gasteiger partial charge in [0.05, 0.1) is 6.61 Å². The Kier molecular flexibility index (Phi) is 5.80. The van der Waals surface area contributed by atoms with Crippen LogP contribution < -0.4 is 10.6 Å². The summed E-state index contributed by atoms with van der Waals surface area (Å²) in [4.78, 5) is 2.18. The fraction of sp³-hybridized carbons (Fsp3) is 1.00. The van der Waals surface area contributed by atoms with Crippen LogP contribution in [0.25, 0.3) is 0 Å². The maximum Gasteiger partial charge on any atom is 0.0558 e. The molecule has 4 nitrogen and oxygen atoms in total. The van der Waals surface area contributed by atoms with Gasteiger partial charge in [-0.1, -0.05) is 0 Å². The zero-order chi connectivity index (χ0) is 14.7. The highest BCUT2D eigenvalue weighted by Crippen LogP contribution is 2.28. The molecule has 1 aliphatic heterocycles. The number of hydrogen-bond donors (Lipinski definition) is 3. The van der Waals surface area contributed by atoms with Crippen molar-refractivity contribution in [1.29, 1.82) is 0 Å². The average Bonchev–Trinajstić information content (AvgIpc) is 2.10. The summed E-state index contributed by atoms with van der Waals surface area (Å²) in [7, 11) is 2.06. The van der Waals surface area contributed by atoms with Crippen molar-refractivity contribution in [3.63, 3.8) is 0 Å². The first-order valence-corrected chi connectivity index (χ1v) is 7.48. The maximum atomic E-state index is 8.94. The molecule has 0 amide bonds. The number of piperidine rings is 1. The number of nitrogens with one attached hydrogen (secondary N) is 2. The van der Waals surface area contributed by atoms with Gasteiger partial charge in [0.1, 0.15) is 0 Å². The van der Waals surface area contributed by atoms with Crippen LogP contribution in [0.1, 0.15) is 47.5 Å². The molecule has 1 atom stereocenters. The molecule has 4 heteroatoms. The number of nitrogens with zero attached hydrogens (tertiary/aromatic N) is 1. The third kappa shape index (κ3) is 6.21. The van der Waals surface area contributed by atoms with Gasteiger partial charge >= 0.3 is 0 Å². The summed E-state index contributed by atoms with van der Waals surface area (Å²) in [5.74, 6) is 0. The zero-order valence-corrected chi connectivity index (χ0v) is 13.6. The van der Waals surface area contributed by atoms with Gasteiger partial charge in [0.25, 0.3) is 0 Å². The van der Waals surface area contributed by atoms with Gasteiger partial charge in [-0.25, -0.2) is 0 Å². The molecule has 1 saturated heterocycles. The number of hydrogen-bond acceptors (Lipinski definition) is 4. The Morgan fingerprint density at radius 2 is 1.79 bits per heavy atom. The number of aliphatic hydroxyl groups excluding tert-OH is 1. The largest absolute Gasteiger partial charge is 0.395 e. The van der Waals surface area contributed by atoms with Gasteiger partial charge in [0.2, 0.25) is 0 Å². The second-order valence-electron chi connectivity index (χ2n) is 7.55. The number of likely N-dealkylation sites (N-methyl/N-ethyl adjacent to an activating group) is 1. The first-order valence-electron chi connectivity index (χ1n) is 7.48. The Morgan fingerprint density at radius 3 is 2.26 bits per heavy atom. The van der Waals surface area contributed by atoms with E-state index in [4.69, 9.17) is 5.11 Å². The predicted octanol–water partition coefficient (Wildman–Crippen LogP) is 1.20. The minimum absolute atomic E-state index is 0.191. The van der Waals surface area contributed by atoms with E-state index in [1.54, 1.807) is 0 Å². The molecule has 0 aliphatic carbocycles. The summed E-state index contributed by atoms with van der Waals surface area (Å²) >= 11 is 0. The highest BCUT2D eigenvalue weighted by Gasteiger charge is 2.37. The molecular formula is C15H33N3O. The molecule has 1 fully saturated rings. The maximum absolute atomic E-state index is 8.94. The van der Waals surface area contributed by atoms with Crippen molar-refractivity contribution in [2.24, 2.45) is 0 Å². The molecule has 3 N–H and O–H groups in total. The second-order valence-corrected chi connectivity index (χ2v) is 7.55. The lowest BCUT2D eigenvalue weighted by Gasteiger charge is -2.47. The molecule has 114 valence electrons. The van der Waals surface area contributed by atoms with E-state index in [9.17, 15) is 0 Å². The first-order chi connectivity index (χ1) is 8.63. The van der Waals surface area contributed by atoms with Crippen molar-refractivity contribution in [3.05, 3.63) is 0 Å². The minimum Gasteiger partial charge on any atom is -0.395 e. The van der Waals surface area contributed by atoms with E-state index in [0.29, 0.717) is 12.1 Å². The van der Waals surface area contributed by atoms with Crippen LogP contribution in [-0.4, -0.2) is 59.9 Å². The van der Waals surface area contributed by atoms with Gasteiger partial charge < -0.3 is 20.6 Å². The van der Waals surface area contributed by atoms with Gasteiger partial charge in [0.15, 0.2) is 0 Å². The van der Waals surface area contributed by atoms with Gasteiger partial charge in [-0.05, 0) is 54.5 Å².